The number of halogens is 2. The van der Waals surface area contributed by atoms with Crippen molar-refractivity contribution >= 4 is 15.9 Å². The first kappa shape index (κ1) is 11.0. The highest BCUT2D eigenvalue weighted by atomic mass is 79.9. The Kier molecular flexibility index (Phi) is 3.12. The Morgan fingerprint density at radius 2 is 2.19 bits per heavy atom. The van der Waals surface area contributed by atoms with Crippen LogP contribution in [0.25, 0.3) is 11.1 Å². The van der Waals surface area contributed by atoms with Gasteiger partial charge in [-0.05, 0) is 45.8 Å². The van der Waals surface area contributed by atoms with E-state index < -0.39 is 0 Å². The second-order valence-corrected chi connectivity index (χ2v) is 4.03. The van der Waals surface area contributed by atoms with Gasteiger partial charge in [-0.15, -0.1) is 0 Å². The van der Waals surface area contributed by atoms with Crippen LogP contribution in [0, 0.1) is 17.9 Å². The Balaban J connectivity index is 2.63. The minimum Gasteiger partial charge on any atom is -0.496 e. The van der Waals surface area contributed by atoms with Crippen LogP contribution in [0.5, 0.6) is 5.75 Å². The topological polar surface area (TPSA) is 9.23 Å². The van der Waals surface area contributed by atoms with E-state index in [0.29, 0.717) is 16.9 Å². The summed E-state index contributed by atoms with van der Waals surface area (Å²) in [7, 11) is 1.52. The van der Waals surface area contributed by atoms with Crippen LogP contribution >= 0.6 is 15.9 Å². The molecule has 3 heteroatoms. The fourth-order valence-electron chi connectivity index (χ4n) is 1.50. The monoisotopic (exact) mass is 278 g/mol. The number of benzene rings is 1. The molecule has 0 saturated carbocycles. The summed E-state index contributed by atoms with van der Waals surface area (Å²) in [6, 6.07) is 13.8. The van der Waals surface area contributed by atoms with Gasteiger partial charge >= 0.3 is 0 Å². The van der Waals surface area contributed by atoms with Crippen LogP contribution in [0.1, 0.15) is 0 Å². The van der Waals surface area contributed by atoms with E-state index >= 15 is 0 Å². The molecule has 0 atom stereocenters. The van der Waals surface area contributed by atoms with Gasteiger partial charge in [0.05, 0.1) is 17.1 Å². The van der Waals surface area contributed by atoms with Crippen LogP contribution in [-0.4, -0.2) is 7.11 Å². The first-order chi connectivity index (χ1) is 7.72. The Bertz CT molecular complexity index is 511. The van der Waals surface area contributed by atoms with Crippen LogP contribution in [0.4, 0.5) is 4.39 Å². The quantitative estimate of drug-likeness (QED) is 0.811. The normalized spacial score (nSPS) is 9.69. The summed E-state index contributed by atoms with van der Waals surface area (Å²) in [5, 5.41) is 0. The zero-order valence-electron chi connectivity index (χ0n) is 8.55. The molecule has 0 unspecified atom stereocenters. The molecule has 0 spiro atoms. The molecule has 2 rings (SSSR count). The van der Waals surface area contributed by atoms with Gasteiger partial charge in [-0.2, -0.15) is 0 Å². The maximum absolute atomic E-state index is 13.7. The fourth-order valence-corrected chi connectivity index (χ4v) is 1.86. The predicted molar refractivity (Wildman–Crippen MR) is 63.8 cm³/mol. The third-order valence-electron chi connectivity index (χ3n) is 2.19. The Hall–Kier alpha value is -1.53. The molecule has 0 saturated heterocycles. The van der Waals surface area contributed by atoms with Crippen molar-refractivity contribution in [3.05, 3.63) is 52.8 Å². The van der Waals surface area contributed by atoms with Crippen LogP contribution in [0.3, 0.4) is 0 Å². The van der Waals surface area contributed by atoms with E-state index in [1.807, 2.05) is 0 Å². The molecule has 80 valence electrons. The second kappa shape index (κ2) is 4.54. The minimum atomic E-state index is -0.314. The van der Waals surface area contributed by atoms with Crippen molar-refractivity contribution in [2.24, 2.45) is 0 Å². The van der Waals surface area contributed by atoms with Gasteiger partial charge in [0.1, 0.15) is 11.6 Å². The summed E-state index contributed by atoms with van der Waals surface area (Å²) < 4.78 is 19.6. The van der Waals surface area contributed by atoms with Gasteiger partial charge in [-0.3, -0.25) is 0 Å². The molecule has 0 amide bonds. The number of hydrogen-bond donors (Lipinski definition) is 0. The van der Waals surface area contributed by atoms with E-state index in [4.69, 9.17) is 4.74 Å². The summed E-state index contributed by atoms with van der Waals surface area (Å²) in [6.07, 6.45) is 0. The fraction of sp³-hybridized carbons (Fsp3) is 0.0769. The molecule has 0 heterocycles. The maximum Gasteiger partial charge on any atom is 0.134 e. The maximum atomic E-state index is 13.7. The van der Waals surface area contributed by atoms with E-state index in [0.717, 1.165) is 4.47 Å². The zero-order valence-corrected chi connectivity index (χ0v) is 10.1. The van der Waals surface area contributed by atoms with Gasteiger partial charge in [0, 0.05) is 0 Å². The van der Waals surface area contributed by atoms with Gasteiger partial charge in [0.25, 0.3) is 0 Å². The molecule has 0 aromatic heterocycles. The lowest BCUT2D eigenvalue weighted by molar-refractivity contribution is 0.413. The van der Waals surface area contributed by atoms with Gasteiger partial charge in [-0.25, -0.2) is 4.39 Å². The third kappa shape index (κ3) is 2.02. The van der Waals surface area contributed by atoms with E-state index in [-0.39, 0.29) is 5.82 Å². The Morgan fingerprint density at radius 3 is 2.88 bits per heavy atom. The van der Waals surface area contributed by atoms with Crippen LogP contribution in [0.15, 0.2) is 34.8 Å². The Labute approximate surface area is 102 Å². The second-order valence-electron chi connectivity index (χ2n) is 3.18. The summed E-state index contributed by atoms with van der Waals surface area (Å²) in [6.45, 7) is 0. The average molecular weight is 279 g/mol. The van der Waals surface area contributed by atoms with Gasteiger partial charge in [0.2, 0.25) is 0 Å². The average Bonchev–Trinajstić information content (AvgIpc) is 2.28. The molecule has 2 aromatic carbocycles. The lowest BCUT2D eigenvalue weighted by atomic mass is 10.1. The summed E-state index contributed by atoms with van der Waals surface area (Å²) in [5.41, 5.74) is 1.15. The number of rotatable bonds is 2. The van der Waals surface area contributed by atoms with E-state index in [1.54, 1.807) is 24.3 Å². The zero-order chi connectivity index (χ0) is 11.5. The molecule has 0 N–H and O–H groups in total. The molecule has 1 nitrogen and oxygen atoms in total. The van der Waals surface area contributed by atoms with Gasteiger partial charge in [0.15, 0.2) is 0 Å². The van der Waals surface area contributed by atoms with Crippen molar-refractivity contribution in [3.63, 3.8) is 0 Å². The van der Waals surface area contributed by atoms with Crippen molar-refractivity contribution in [2.75, 3.05) is 7.11 Å². The Morgan fingerprint density at radius 1 is 1.38 bits per heavy atom. The van der Waals surface area contributed by atoms with Gasteiger partial charge in [-0.1, -0.05) is 18.2 Å². The summed E-state index contributed by atoms with van der Waals surface area (Å²) in [4.78, 5) is 0. The molecule has 0 radical (unpaired) electrons. The molecule has 2 aromatic rings. The number of methoxy groups -OCH3 is 1. The van der Waals surface area contributed by atoms with Crippen molar-refractivity contribution < 1.29 is 9.13 Å². The molecule has 16 heavy (non-hydrogen) atoms. The van der Waals surface area contributed by atoms with Crippen LogP contribution in [0.2, 0.25) is 0 Å². The highest BCUT2D eigenvalue weighted by Crippen LogP contribution is 2.32. The lowest BCUT2D eigenvalue weighted by Crippen LogP contribution is -1.91. The SMILES string of the molecule is COc1cccc(F)c1-c1cc#cc(Br)c1. The summed E-state index contributed by atoms with van der Waals surface area (Å²) >= 11 is 3.28. The van der Waals surface area contributed by atoms with Gasteiger partial charge < -0.3 is 4.74 Å². The largest absolute Gasteiger partial charge is 0.496 e. The molecule has 0 aliphatic carbocycles. The molecule has 0 aliphatic rings. The van der Waals surface area contributed by atoms with Crippen LogP contribution < -0.4 is 4.74 Å². The van der Waals surface area contributed by atoms with E-state index in [9.17, 15) is 4.39 Å². The number of ether oxygens (including phenoxy) is 1. The van der Waals surface area contributed by atoms with Crippen molar-refractivity contribution in [2.45, 2.75) is 0 Å². The highest BCUT2D eigenvalue weighted by Gasteiger charge is 2.11. The standard InChI is InChI=1S/C13H8BrFO/c1-16-12-7-3-6-11(15)13(12)9-4-2-5-10(14)8-9/h3-4,6-8H,1H3. The lowest BCUT2D eigenvalue weighted by Gasteiger charge is -2.08. The predicted octanol–water partition coefficient (Wildman–Crippen LogP) is 3.86. The van der Waals surface area contributed by atoms with E-state index in [2.05, 4.69) is 28.1 Å². The third-order valence-corrected chi connectivity index (χ3v) is 2.61. The first-order valence-corrected chi connectivity index (χ1v) is 5.43. The molecule has 0 bridgehead atoms. The molecule has 0 fully saturated rings. The first-order valence-electron chi connectivity index (χ1n) is 4.64. The highest BCUT2D eigenvalue weighted by molar-refractivity contribution is 9.10. The summed E-state index contributed by atoms with van der Waals surface area (Å²) in [5.74, 6) is 0.192. The number of hydrogen-bond acceptors (Lipinski definition) is 1. The van der Waals surface area contributed by atoms with Crippen LogP contribution in [-0.2, 0) is 0 Å². The minimum absolute atomic E-state index is 0.314. The smallest absolute Gasteiger partial charge is 0.134 e. The molecular formula is C13H8BrFO. The molecule has 0 aliphatic heterocycles. The van der Waals surface area contributed by atoms with E-state index in [1.165, 1.54) is 13.2 Å². The van der Waals surface area contributed by atoms with Crippen molar-refractivity contribution in [1.82, 2.24) is 0 Å². The molecular weight excluding hydrogens is 271 g/mol. The van der Waals surface area contributed by atoms with Crippen molar-refractivity contribution in [3.8, 4) is 16.9 Å². The van der Waals surface area contributed by atoms with Crippen molar-refractivity contribution in [1.29, 1.82) is 0 Å².